The molecule has 65 heavy (non-hydrogen) atoms. The van der Waals surface area contributed by atoms with Gasteiger partial charge in [-0.1, -0.05) is 182 Å². The van der Waals surface area contributed by atoms with Crippen molar-refractivity contribution in [2.24, 2.45) is 0 Å². The zero-order chi connectivity index (χ0) is 43.7. The monoisotopic (exact) mass is 825 g/mol. The number of nitriles is 1. The third-order valence-electron chi connectivity index (χ3n) is 12.5. The van der Waals surface area contributed by atoms with Crippen LogP contribution in [0, 0.1) is 17.9 Å². The summed E-state index contributed by atoms with van der Waals surface area (Å²) in [7, 11) is 0. The lowest BCUT2D eigenvalue weighted by molar-refractivity contribution is 1.17. The lowest BCUT2D eigenvalue weighted by atomic mass is 9.91. The van der Waals surface area contributed by atoms with Crippen molar-refractivity contribution < 1.29 is 0 Å². The molecule has 0 saturated heterocycles. The predicted octanol–water partition coefficient (Wildman–Crippen LogP) is 16.9. The molecule has 10 aromatic carbocycles. The zero-order valence-electron chi connectivity index (χ0n) is 35.4. The summed E-state index contributed by atoms with van der Waals surface area (Å²) >= 11 is 0. The van der Waals surface area contributed by atoms with Gasteiger partial charge in [-0.3, -0.25) is 0 Å². The molecule has 0 N–H and O–H groups in total. The second-order valence-electron chi connectivity index (χ2n) is 16.3. The number of hydrogen-bond donors (Lipinski definition) is 0. The van der Waals surface area contributed by atoms with Crippen LogP contribution in [0.25, 0.3) is 110 Å². The minimum absolute atomic E-state index is 0.406. The average molecular weight is 826 g/mol. The largest absolute Gasteiger partial charge is 0.318 e. The van der Waals surface area contributed by atoms with Gasteiger partial charge in [0.2, 0.25) is 5.69 Å². The molecule has 1 heterocycles. The maximum absolute atomic E-state index is 11.1. The first-order chi connectivity index (χ1) is 32.1. The summed E-state index contributed by atoms with van der Waals surface area (Å²) < 4.78 is 2.12. The number of benzene rings is 10. The van der Waals surface area contributed by atoms with E-state index in [1.54, 1.807) is 0 Å². The molecule has 0 aliphatic carbocycles. The molecule has 0 atom stereocenters. The summed E-state index contributed by atoms with van der Waals surface area (Å²) in [5, 5.41) is 13.2. The first kappa shape index (κ1) is 38.9. The first-order valence-corrected chi connectivity index (χ1v) is 21.7. The van der Waals surface area contributed by atoms with Gasteiger partial charge in [0.15, 0.2) is 0 Å². The first-order valence-electron chi connectivity index (χ1n) is 21.7. The molecule has 0 amide bonds. The normalized spacial score (nSPS) is 11.0. The van der Waals surface area contributed by atoms with E-state index in [1.165, 1.54) is 11.1 Å². The maximum atomic E-state index is 11.1. The van der Waals surface area contributed by atoms with Crippen LogP contribution in [0.1, 0.15) is 5.56 Å². The van der Waals surface area contributed by atoms with Crippen LogP contribution in [-0.4, -0.2) is 4.57 Å². The smallest absolute Gasteiger partial charge is 0.212 e. The van der Waals surface area contributed by atoms with Gasteiger partial charge in [-0.25, -0.2) is 4.85 Å². The molecule has 0 fully saturated rings. The summed E-state index contributed by atoms with van der Waals surface area (Å²) in [6, 6.07) is 85.0. The molecular formula is C62H39N3. The molecule has 0 spiro atoms. The van der Waals surface area contributed by atoms with Crippen molar-refractivity contribution in [1.82, 2.24) is 4.57 Å². The SMILES string of the molecule is [C-]#[N+]c1cc(-c2cc(-c3ccc(-c4ccccc4)cc3)cc(-c3ccc(-c4ccccc4)cc3)c2)cc(C#N)c1-n1c2ccc(-c3ccccc3)cc2c2cc(-c3ccccc3)ccc21. The van der Waals surface area contributed by atoms with Crippen molar-refractivity contribution in [3.05, 3.63) is 254 Å². The Balaban J connectivity index is 1.08. The Labute approximate surface area is 378 Å². The summed E-state index contributed by atoms with van der Waals surface area (Å²) in [6.45, 7) is 8.66. The van der Waals surface area contributed by atoms with E-state index in [1.807, 2.05) is 36.4 Å². The highest BCUT2D eigenvalue weighted by Crippen LogP contribution is 2.43. The van der Waals surface area contributed by atoms with Crippen LogP contribution in [0.4, 0.5) is 5.69 Å². The fourth-order valence-electron chi connectivity index (χ4n) is 9.17. The van der Waals surface area contributed by atoms with Crippen molar-refractivity contribution in [3.63, 3.8) is 0 Å². The highest BCUT2D eigenvalue weighted by atomic mass is 15.0. The highest BCUT2D eigenvalue weighted by Gasteiger charge is 2.21. The van der Waals surface area contributed by atoms with Crippen molar-refractivity contribution in [2.45, 2.75) is 0 Å². The van der Waals surface area contributed by atoms with Crippen LogP contribution in [0.15, 0.2) is 237 Å². The Kier molecular flexibility index (Phi) is 9.98. The zero-order valence-corrected chi connectivity index (χ0v) is 35.4. The second-order valence-corrected chi connectivity index (χ2v) is 16.3. The summed E-state index contributed by atoms with van der Waals surface area (Å²) in [5.74, 6) is 0. The van der Waals surface area contributed by atoms with Gasteiger partial charge in [0, 0.05) is 10.8 Å². The Bertz CT molecular complexity index is 3380. The molecule has 3 heteroatoms. The molecule has 0 bridgehead atoms. The van der Waals surface area contributed by atoms with Crippen LogP contribution in [0.2, 0.25) is 0 Å². The van der Waals surface area contributed by atoms with Gasteiger partial charge < -0.3 is 4.57 Å². The van der Waals surface area contributed by atoms with Gasteiger partial charge in [-0.05, 0) is 132 Å². The lowest BCUT2D eigenvalue weighted by Crippen LogP contribution is -1.99. The van der Waals surface area contributed by atoms with Gasteiger partial charge in [0.1, 0.15) is 0 Å². The molecule has 0 aliphatic heterocycles. The Morgan fingerprint density at radius 3 is 1.00 bits per heavy atom. The molecule has 0 unspecified atom stereocenters. The topological polar surface area (TPSA) is 33.1 Å². The molecule has 11 rings (SSSR count). The van der Waals surface area contributed by atoms with Crippen molar-refractivity contribution >= 4 is 27.5 Å². The van der Waals surface area contributed by atoms with Crippen molar-refractivity contribution in [3.8, 4) is 89.6 Å². The van der Waals surface area contributed by atoms with Crippen LogP contribution in [0.3, 0.4) is 0 Å². The maximum Gasteiger partial charge on any atom is 0.212 e. The number of aromatic nitrogens is 1. The van der Waals surface area contributed by atoms with Crippen molar-refractivity contribution in [1.29, 1.82) is 5.26 Å². The molecule has 0 radical (unpaired) electrons. The van der Waals surface area contributed by atoms with E-state index >= 15 is 0 Å². The quantitative estimate of drug-likeness (QED) is 0.141. The van der Waals surface area contributed by atoms with Crippen LogP contribution < -0.4 is 0 Å². The summed E-state index contributed by atoms with van der Waals surface area (Å²) in [4.78, 5) is 4.18. The third-order valence-corrected chi connectivity index (χ3v) is 12.5. The molecule has 0 saturated carbocycles. The molecular weight excluding hydrogens is 787 g/mol. The van der Waals surface area contributed by atoms with Gasteiger partial charge in [0.05, 0.1) is 34.9 Å². The van der Waals surface area contributed by atoms with E-state index in [9.17, 15) is 5.26 Å². The number of fused-ring (bicyclic) bond motifs is 3. The summed E-state index contributed by atoms with van der Waals surface area (Å²) in [5.41, 5.74) is 18.3. The van der Waals surface area contributed by atoms with Gasteiger partial charge in [0.25, 0.3) is 0 Å². The number of hydrogen-bond acceptors (Lipinski definition) is 1. The van der Waals surface area contributed by atoms with E-state index in [0.717, 1.165) is 88.6 Å². The van der Waals surface area contributed by atoms with E-state index in [2.05, 4.69) is 216 Å². The fraction of sp³-hybridized carbons (Fsp3) is 0. The lowest BCUT2D eigenvalue weighted by Gasteiger charge is -2.16. The fourth-order valence-corrected chi connectivity index (χ4v) is 9.17. The van der Waals surface area contributed by atoms with Gasteiger partial charge in [-0.15, -0.1) is 0 Å². The molecule has 11 aromatic rings. The molecule has 3 nitrogen and oxygen atoms in total. The summed E-state index contributed by atoms with van der Waals surface area (Å²) in [6.07, 6.45) is 0. The molecule has 302 valence electrons. The minimum atomic E-state index is 0.406. The van der Waals surface area contributed by atoms with E-state index in [4.69, 9.17) is 6.57 Å². The van der Waals surface area contributed by atoms with Crippen molar-refractivity contribution in [2.75, 3.05) is 0 Å². The Morgan fingerprint density at radius 2 is 0.631 bits per heavy atom. The number of rotatable bonds is 8. The minimum Gasteiger partial charge on any atom is -0.318 e. The standard InChI is InChI=1S/C62H39N3/c1-64-59-40-55(54-35-52(48-26-22-46(23-27-48)42-14-6-2-7-15-42)34-53(36-54)49-28-24-47(25-29-49)43-16-8-3-9-17-43)37-56(41-63)62(59)65-60-32-30-50(44-18-10-4-11-19-44)38-57(60)58-39-51(31-33-61(58)65)45-20-12-5-13-21-45/h2-40H. The Morgan fingerprint density at radius 1 is 0.323 bits per heavy atom. The van der Waals surface area contributed by atoms with Crippen LogP contribution >= 0.6 is 0 Å². The Hall–Kier alpha value is -9.02. The second kappa shape index (κ2) is 16.7. The molecule has 0 aliphatic rings. The predicted molar refractivity (Wildman–Crippen MR) is 270 cm³/mol. The molecule has 1 aromatic heterocycles. The van der Waals surface area contributed by atoms with Gasteiger partial charge in [-0.2, -0.15) is 5.26 Å². The highest BCUT2D eigenvalue weighted by molar-refractivity contribution is 6.12. The van der Waals surface area contributed by atoms with Crippen LogP contribution in [0.5, 0.6) is 0 Å². The van der Waals surface area contributed by atoms with E-state index < -0.39 is 0 Å². The van der Waals surface area contributed by atoms with E-state index in [-0.39, 0.29) is 0 Å². The van der Waals surface area contributed by atoms with Gasteiger partial charge >= 0.3 is 0 Å². The van der Waals surface area contributed by atoms with E-state index in [0.29, 0.717) is 16.9 Å². The van der Waals surface area contributed by atoms with Crippen LogP contribution in [-0.2, 0) is 0 Å². The third kappa shape index (κ3) is 7.34. The number of nitrogens with zero attached hydrogens (tertiary/aromatic N) is 3. The average Bonchev–Trinajstić information content (AvgIpc) is 3.71.